The number of hydrazone groups is 1. The average Bonchev–Trinajstić information content (AvgIpc) is 3.29. The smallest absolute Gasteiger partial charge is 0.269 e. The molecule has 0 unspecified atom stereocenters. The summed E-state index contributed by atoms with van der Waals surface area (Å²) < 4.78 is 0. The highest BCUT2D eigenvalue weighted by atomic mass is 16.2. The van der Waals surface area contributed by atoms with E-state index >= 15 is 0 Å². The predicted octanol–water partition coefficient (Wildman–Crippen LogP) is 1.50. The highest BCUT2D eigenvalue weighted by Gasteiger charge is 2.48. The Morgan fingerprint density at radius 1 is 1.38 bits per heavy atom. The van der Waals surface area contributed by atoms with Crippen LogP contribution in [-0.2, 0) is 4.79 Å². The lowest BCUT2D eigenvalue weighted by molar-refractivity contribution is -0.124. The van der Waals surface area contributed by atoms with Crippen molar-refractivity contribution in [3.05, 3.63) is 31.4 Å². The monoisotopic (exact) mass is 353 g/mol. The number of aromatic nitrogens is 3. The minimum absolute atomic E-state index is 0.0260. The Labute approximate surface area is 152 Å². The van der Waals surface area contributed by atoms with Gasteiger partial charge < -0.3 is 14.8 Å². The molecule has 0 bridgehead atoms. The molecule has 0 radical (unpaired) electrons. The fourth-order valence-corrected chi connectivity index (χ4v) is 3.64. The van der Waals surface area contributed by atoms with Crippen molar-refractivity contribution in [1.82, 2.24) is 25.3 Å². The minimum atomic E-state index is -0.0260. The Morgan fingerprint density at radius 3 is 3.00 bits per heavy atom. The van der Waals surface area contributed by atoms with Crippen molar-refractivity contribution in [3.63, 3.8) is 0 Å². The lowest BCUT2D eigenvalue weighted by Gasteiger charge is -2.25. The van der Waals surface area contributed by atoms with Gasteiger partial charge in [-0.3, -0.25) is 10.2 Å². The Balaban J connectivity index is 1.58. The van der Waals surface area contributed by atoms with Gasteiger partial charge in [0, 0.05) is 44.0 Å². The largest absolute Gasteiger partial charge is 0.354 e. The van der Waals surface area contributed by atoms with Crippen molar-refractivity contribution in [2.24, 2.45) is 10.5 Å². The van der Waals surface area contributed by atoms with Crippen molar-refractivity contribution in [2.75, 3.05) is 31.1 Å². The molecule has 8 heteroatoms. The number of rotatable bonds is 4. The van der Waals surface area contributed by atoms with Crippen molar-refractivity contribution >= 4 is 28.5 Å². The topological polar surface area (TPSA) is 89.5 Å². The van der Waals surface area contributed by atoms with Crippen LogP contribution in [-0.4, -0.2) is 57.6 Å². The lowest BCUT2D eigenvalue weighted by Crippen LogP contribution is -2.40. The summed E-state index contributed by atoms with van der Waals surface area (Å²) in [6.07, 6.45) is 7.21. The van der Waals surface area contributed by atoms with E-state index in [4.69, 9.17) is 0 Å². The van der Waals surface area contributed by atoms with Gasteiger partial charge in [0.2, 0.25) is 0 Å². The number of hydrogen-bond donors (Lipinski definition) is 2. The molecule has 3 heterocycles. The molecule has 8 nitrogen and oxygen atoms in total. The molecule has 2 aromatic heterocycles. The molecule has 136 valence electrons. The first-order valence-electron chi connectivity index (χ1n) is 8.85. The summed E-state index contributed by atoms with van der Waals surface area (Å²) >= 11 is 0. The molecule has 0 atom stereocenters. The molecule has 2 aromatic rings. The van der Waals surface area contributed by atoms with Crippen LogP contribution in [0.4, 0.5) is 5.82 Å². The summed E-state index contributed by atoms with van der Waals surface area (Å²) in [6, 6.07) is 2.01. The quantitative estimate of drug-likeness (QED) is 0.642. The van der Waals surface area contributed by atoms with Crippen LogP contribution >= 0.6 is 0 Å². The van der Waals surface area contributed by atoms with Crippen LogP contribution in [0.1, 0.15) is 19.8 Å². The molecule has 1 aliphatic heterocycles. The number of carbonyl (C=O) groups is 1. The number of nitrogens with zero attached hydrogens (tertiary/aromatic N) is 5. The Morgan fingerprint density at radius 2 is 2.23 bits per heavy atom. The SMILES string of the molecule is C=CN/N=C(\C)C(=O)N1CCN(c2ncnc3[nH]ccc23)CC2(CC2)C1. The Bertz CT molecular complexity index is 867. The number of amides is 1. The number of H-pyrrole nitrogens is 1. The third-order valence-corrected chi connectivity index (χ3v) is 5.20. The number of nitrogens with one attached hydrogen (secondary N) is 2. The van der Waals surface area contributed by atoms with E-state index in [-0.39, 0.29) is 11.3 Å². The molecule has 1 aliphatic carbocycles. The highest BCUT2D eigenvalue weighted by Crippen LogP contribution is 2.48. The molecule has 1 spiro atoms. The van der Waals surface area contributed by atoms with Crippen molar-refractivity contribution in [3.8, 4) is 0 Å². The number of fused-ring (bicyclic) bond motifs is 1. The van der Waals surface area contributed by atoms with E-state index in [0.29, 0.717) is 12.3 Å². The third-order valence-electron chi connectivity index (χ3n) is 5.20. The molecule has 2 aliphatic rings. The van der Waals surface area contributed by atoms with Gasteiger partial charge in [-0.25, -0.2) is 9.97 Å². The average molecular weight is 353 g/mol. The zero-order valence-electron chi connectivity index (χ0n) is 14.9. The van der Waals surface area contributed by atoms with E-state index in [1.165, 1.54) is 6.20 Å². The highest BCUT2D eigenvalue weighted by molar-refractivity contribution is 6.37. The molecule has 1 saturated carbocycles. The summed E-state index contributed by atoms with van der Waals surface area (Å²) in [5.74, 6) is 0.914. The molecular weight excluding hydrogens is 330 g/mol. The number of aromatic amines is 1. The first-order valence-corrected chi connectivity index (χ1v) is 8.85. The molecule has 1 amide bonds. The number of anilines is 1. The second-order valence-corrected chi connectivity index (χ2v) is 7.12. The Kier molecular flexibility index (Phi) is 4.10. The fourth-order valence-electron chi connectivity index (χ4n) is 3.64. The van der Waals surface area contributed by atoms with Crippen molar-refractivity contribution in [1.29, 1.82) is 0 Å². The normalized spacial score (nSPS) is 19.5. The molecular formula is C18H23N7O. The fraction of sp³-hybridized carbons (Fsp3) is 0.444. The van der Waals surface area contributed by atoms with Crippen LogP contribution in [0.15, 0.2) is 36.5 Å². The van der Waals surface area contributed by atoms with Crippen LogP contribution in [0, 0.1) is 5.41 Å². The second-order valence-electron chi connectivity index (χ2n) is 7.12. The molecule has 2 N–H and O–H groups in total. The molecule has 0 aromatic carbocycles. The van der Waals surface area contributed by atoms with E-state index in [2.05, 4.69) is 37.0 Å². The van der Waals surface area contributed by atoms with Crippen LogP contribution in [0.2, 0.25) is 0 Å². The van der Waals surface area contributed by atoms with Gasteiger partial charge in [-0.1, -0.05) is 6.58 Å². The second kappa shape index (κ2) is 6.44. The molecule has 1 saturated heterocycles. The van der Waals surface area contributed by atoms with Gasteiger partial charge in [-0.05, 0) is 25.8 Å². The summed E-state index contributed by atoms with van der Waals surface area (Å²) in [6.45, 7) is 8.36. The summed E-state index contributed by atoms with van der Waals surface area (Å²) in [4.78, 5) is 28.9. The van der Waals surface area contributed by atoms with E-state index in [1.807, 2.05) is 17.2 Å². The maximum Gasteiger partial charge on any atom is 0.269 e. The minimum Gasteiger partial charge on any atom is -0.354 e. The molecule has 26 heavy (non-hydrogen) atoms. The van der Waals surface area contributed by atoms with Gasteiger partial charge in [0.15, 0.2) is 0 Å². The van der Waals surface area contributed by atoms with Crippen molar-refractivity contribution in [2.45, 2.75) is 19.8 Å². The number of hydrogen-bond acceptors (Lipinski definition) is 6. The lowest BCUT2D eigenvalue weighted by atomic mass is 10.1. The summed E-state index contributed by atoms with van der Waals surface area (Å²) in [5.41, 5.74) is 4.10. The van der Waals surface area contributed by atoms with E-state index in [9.17, 15) is 4.79 Å². The van der Waals surface area contributed by atoms with E-state index < -0.39 is 0 Å². The van der Waals surface area contributed by atoms with Crippen LogP contribution in [0.5, 0.6) is 0 Å². The molecule has 4 rings (SSSR count). The van der Waals surface area contributed by atoms with Gasteiger partial charge in [-0.15, -0.1) is 0 Å². The van der Waals surface area contributed by atoms with E-state index in [0.717, 1.165) is 49.3 Å². The van der Waals surface area contributed by atoms with Gasteiger partial charge in [0.05, 0.1) is 5.39 Å². The van der Waals surface area contributed by atoms with Crippen LogP contribution < -0.4 is 10.3 Å². The standard InChI is InChI=1S/C18H23N7O/c1-3-22-23-13(2)17(26)25-9-8-24(10-18(11-25)5-6-18)16-14-4-7-19-15(14)20-12-21-16/h3-4,7,12,22H,1,5-6,8-11H2,2H3,(H,19,20,21)/b23-13+. The van der Waals surface area contributed by atoms with Crippen molar-refractivity contribution < 1.29 is 4.79 Å². The summed E-state index contributed by atoms with van der Waals surface area (Å²) in [7, 11) is 0. The first kappa shape index (κ1) is 16.6. The Hall–Kier alpha value is -2.90. The van der Waals surface area contributed by atoms with Crippen LogP contribution in [0.25, 0.3) is 11.0 Å². The molecule has 2 fully saturated rings. The van der Waals surface area contributed by atoms with Gasteiger partial charge >= 0.3 is 0 Å². The number of carbonyl (C=O) groups excluding carboxylic acids is 1. The van der Waals surface area contributed by atoms with Crippen LogP contribution in [0.3, 0.4) is 0 Å². The zero-order valence-corrected chi connectivity index (χ0v) is 14.9. The summed E-state index contributed by atoms with van der Waals surface area (Å²) in [5, 5.41) is 5.07. The zero-order chi connectivity index (χ0) is 18.1. The predicted molar refractivity (Wildman–Crippen MR) is 101 cm³/mol. The first-order chi connectivity index (χ1) is 12.6. The maximum absolute atomic E-state index is 12.8. The van der Waals surface area contributed by atoms with Gasteiger partial charge in [-0.2, -0.15) is 5.10 Å². The maximum atomic E-state index is 12.8. The van der Waals surface area contributed by atoms with Gasteiger partial charge in [0.1, 0.15) is 23.5 Å². The van der Waals surface area contributed by atoms with Gasteiger partial charge in [0.25, 0.3) is 5.91 Å². The third kappa shape index (κ3) is 3.02. The van der Waals surface area contributed by atoms with E-state index in [1.54, 1.807) is 13.3 Å².